The molecule has 1 amide bonds. The molecule has 5 rings (SSSR count). The molecular weight excluding hydrogens is 376 g/mol. The minimum atomic E-state index is -3.46. The van der Waals surface area contributed by atoms with Crippen molar-refractivity contribution in [3.05, 3.63) is 59.7 Å². The van der Waals surface area contributed by atoms with Gasteiger partial charge in [0.15, 0.2) is 0 Å². The number of benzene rings is 2. The second-order valence-corrected chi connectivity index (χ2v) is 9.92. The molecule has 0 aromatic heterocycles. The Hall–Kier alpha value is -2.38. The summed E-state index contributed by atoms with van der Waals surface area (Å²) in [6, 6.07) is 14.4. The molecule has 146 valence electrons. The van der Waals surface area contributed by atoms with Gasteiger partial charge in [-0.05, 0) is 48.6 Å². The lowest BCUT2D eigenvalue weighted by Crippen LogP contribution is -2.43. The van der Waals surface area contributed by atoms with E-state index < -0.39 is 21.5 Å². The zero-order valence-electron chi connectivity index (χ0n) is 15.6. The lowest BCUT2D eigenvalue weighted by atomic mass is 9.73. The molecule has 1 N–H and O–H groups in total. The molecule has 2 fully saturated rings. The molecular formula is C21H22N2O4S. The topological polar surface area (TPSA) is 75.7 Å². The number of sulfonamides is 1. The van der Waals surface area contributed by atoms with Crippen molar-refractivity contribution in [2.45, 2.75) is 36.0 Å². The zero-order chi connectivity index (χ0) is 19.5. The number of rotatable bonds is 4. The number of para-hydroxylation sites is 1. The molecule has 2 heterocycles. The number of anilines is 1. The molecule has 0 bridgehead atoms. The van der Waals surface area contributed by atoms with Crippen LogP contribution in [0.3, 0.4) is 0 Å². The number of amides is 1. The van der Waals surface area contributed by atoms with Crippen LogP contribution in [-0.2, 0) is 20.2 Å². The normalized spacial score (nSPS) is 27.0. The molecule has 2 aromatic rings. The number of nitrogens with zero attached hydrogens (tertiary/aromatic N) is 1. The van der Waals surface area contributed by atoms with E-state index in [2.05, 4.69) is 5.32 Å². The van der Waals surface area contributed by atoms with Crippen molar-refractivity contribution >= 4 is 21.6 Å². The summed E-state index contributed by atoms with van der Waals surface area (Å²) in [7, 11) is -1.88. The van der Waals surface area contributed by atoms with Gasteiger partial charge in [-0.3, -0.25) is 4.79 Å². The predicted octanol–water partition coefficient (Wildman–Crippen LogP) is 2.82. The highest BCUT2D eigenvalue weighted by Crippen LogP contribution is 2.56. The van der Waals surface area contributed by atoms with Gasteiger partial charge in [0.1, 0.15) is 5.75 Å². The molecule has 6 nitrogen and oxygen atoms in total. The Morgan fingerprint density at radius 3 is 2.68 bits per heavy atom. The van der Waals surface area contributed by atoms with E-state index in [4.69, 9.17) is 4.74 Å². The van der Waals surface area contributed by atoms with Crippen LogP contribution in [0.1, 0.15) is 36.4 Å². The zero-order valence-corrected chi connectivity index (χ0v) is 16.4. The van der Waals surface area contributed by atoms with Gasteiger partial charge in [-0.25, -0.2) is 8.42 Å². The van der Waals surface area contributed by atoms with Gasteiger partial charge in [-0.15, -0.1) is 0 Å². The lowest BCUT2D eigenvalue weighted by Gasteiger charge is -2.34. The van der Waals surface area contributed by atoms with Crippen LogP contribution in [0, 0.1) is 0 Å². The number of ether oxygens (including phenoxy) is 1. The van der Waals surface area contributed by atoms with Crippen LogP contribution in [0.2, 0.25) is 0 Å². The summed E-state index contributed by atoms with van der Waals surface area (Å²) in [4.78, 5) is 13.3. The maximum absolute atomic E-state index is 13.3. The third-order valence-electron chi connectivity index (χ3n) is 6.22. The van der Waals surface area contributed by atoms with E-state index in [0.717, 1.165) is 16.8 Å². The van der Waals surface area contributed by atoms with Gasteiger partial charge >= 0.3 is 0 Å². The third-order valence-corrected chi connectivity index (χ3v) is 8.59. The van der Waals surface area contributed by atoms with Crippen LogP contribution in [0.5, 0.6) is 5.75 Å². The van der Waals surface area contributed by atoms with Gasteiger partial charge in [0, 0.05) is 12.2 Å². The smallest absolute Gasteiger partial charge is 0.237 e. The predicted molar refractivity (Wildman–Crippen MR) is 106 cm³/mol. The Labute approximate surface area is 164 Å². The molecule has 0 radical (unpaired) electrons. The minimum absolute atomic E-state index is 0.130. The van der Waals surface area contributed by atoms with Crippen LogP contribution in [0.4, 0.5) is 5.69 Å². The Morgan fingerprint density at radius 2 is 1.93 bits per heavy atom. The average molecular weight is 398 g/mol. The van der Waals surface area contributed by atoms with Crippen molar-refractivity contribution in [2.75, 3.05) is 19.0 Å². The molecule has 7 heteroatoms. The fourth-order valence-electron chi connectivity index (χ4n) is 4.75. The number of hydrogen-bond donors (Lipinski definition) is 1. The Balaban J connectivity index is 1.72. The third kappa shape index (κ3) is 2.36. The Kier molecular flexibility index (Phi) is 3.83. The SMILES string of the molecule is COc1cccc([C@@H]2N(S(=O)(=O)C3CC3)CC[C@]23C(=O)Nc2ccccc23)c1. The highest BCUT2D eigenvalue weighted by molar-refractivity contribution is 7.90. The summed E-state index contributed by atoms with van der Waals surface area (Å²) in [5.41, 5.74) is 1.51. The summed E-state index contributed by atoms with van der Waals surface area (Å²) < 4.78 is 33.5. The second kappa shape index (κ2) is 6.06. The van der Waals surface area contributed by atoms with Crippen molar-refractivity contribution < 1.29 is 17.9 Å². The maximum Gasteiger partial charge on any atom is 0.237 e. The van der Waals surface area contributed by atoms with E-state index in [0.29, 0.717) is 31.6 Å². The van der Waals surface area contributed by atoms with E-state index in [9.17, 15) is 13.2 Å². The Bertz CT molecular complexity index is 1060. The summed E-state index contributed by atoms with van der Waals surface area (Å²) in [6.45, 7) is 0.336. The molecule has 3 aliphatic rings. The number of nitrogens with one attached hydrogen (secondary N) is 1. The van der Waals surface area contributed by atoms with Crippen molar-refractivity contribution in [1.82, 2.24) is 4.31 Å². The molecule has 1 saturated carbocycles. The summed E-state index contributed by atoms with van der Waals surface area (Å²) in [5.74, 6) is 0.519. The summed E-state index contributed by atoms with van der Waals surface area (Å²) in [5, 5.41) is 2.66. The van der Waals surface area contributed by atoms with Crippen LogP contribution in [-0.4, -0.2) is 37.5 Å². The molecule has 1 spiro atoms. The second-order valence-electron chi connectivity index (χ2n) is 7.76. The van der Waals surface area contributed by atoms with E-state index in [1.54, 1.807) is 11.4 Å². The van der Waals surface area contributed by atoms with Gasteiger partial charge < -0.3 is 10.1 Å². The van der Waals surface area contributed by atoms with Crippen molar-refractivity contribution in [1.29, 1.82) is 0 Å². The molecule has 2 aromatic carbocycles. The van der Waals surface area contributed by atoms with Crippen LogP contribution in [0.15, 0.2) is 48.5 Å². The highest BCUT2D eigenvalue weighted by atomic mass is 32.2. The number of hydrogen-bond acceptors (Lipinski definition) is 4. The average Bonchev–Trinajstić information content (AvgIpc) is 3.43. The number of methoxy groups -OCH3 is 1. The standard InChI is InChI=1S/C21H22N2O4S/c1-27-15-6-4-5-14(13-15)19-21(11-12-23(19)28(25,26)16-9-10-16)17-7-2-3-8-18(17)22-20(21)24/h2-8,13,16,19H,9-12H2,1H3,(H,22,24)/t19-,21+/m0/s1. The molecule has 1 aliphatic carbocycles. The van der Waals surface area contributed by atoms with Crippen LogP contribution in [0.25, 0.3) is 0 Å². The quantitative estimate of drug-likeness (QED) is 0.859. The van der Waals surface area contributed by atoms with Crippen molar-refractivity contribution in [2.24, 2.45) is 0 Å². The first kappa shape index (κ1) is 17.7. The first-order valence-electron chi connectivity index (χ1n) is 9.54. The maximum atomic E-state index is 13.3. The fraction of sp³-hybridized carbons (Fsp3) is 0.381. The largest absolute Gasteiger partial charge is 0.497 e. The van der Waals surface area contributed by atoms with Gasteiger partial charge in [-0.1, -0.05) is 30.3 Å². The highest BCUT2D eigenvalue weighted by Gasteiger charge is 2.62. The lowest BCUT2D eigenvalue weighted by molar-refractivity contribution is -0.121. The number of carbonyl (C=O) groups excluding carboxylic acids is 1. The fourth-order valence-corrected chi connectivity index (χ4v) is 6.81. The van der Waals surface area contributed by atoms with Gasteiger partial charge in [0.05, 0.1) is 23.8 Å². The molecule has 0 unspecified atom stereocenters. The molecule has 28 heavy (non-hydrogen) atoms. The number of carbonyl (C=O) groups is 1. The monoisotopic (exact) mass is 398 g/mol. The van der Waals surface area contributed by atoms with E-state index in [1.165, 1.54) is 0 Å². The van der Waals surface area contributed by atoms with Crippen molar-refractivity contribution in [3.63, 3.8) is 0 Å². The molecule has 2 atom stereocenters. The Morgan fingerprint density at radius 1 is 1.14 bits per heavy atom. The van der Waals surface area contributed by atoms with E-state index in [1.807, 2.05) is 48.5 Å². The molecule has 2 aliphatic heterocycles. The minimum Gasteiger partial charge on any atom is -0.497 e. The van der Waals surface area contributed by atoms with E-state index in [-0.39, 0.29) is 11.2 Å². The summed E-state index contributed by atoms with van der Waals surface area (Å²) >= 11 is 0. The first-order chi connectivity index (χ1) is 13.5. The van der Waals surface area contributed by atoms with Crippen LogP contribution >= 0.6 is 0 Å². The molecule has 1 saturated heterocycles. The summed E-state index contributed by atoms with van der Waals surface area (Å²) in [6.07, 6.45) is 1.85. The van der Waals surface area contributed by atoms with Gasteiger partial charge in [0.25, 0.3) is 0 Å². The van der Waals surface area contributed by atoms with E-state index >= 15 is 0 Å². The van der Waals surface area contributed by atoms with Crippen molar-refractivity contribution in [3.8, 4) is 5.75 Å². The van der Waals surface area contributed by atoms with Gasteiger partial charge in [0.2, 0.25) is 15.9 Å². The first-order valence-corrected chi connectivity index (χ1v) is 11.0. The van der Waals surface area contributed by atoms with Gasteiger partial charge in [-0.2, -0.15) is 4.31 Å². The number of fused-ring (bicyclic) bond motifs is 2. The van der Waals surface area contributed by atoms with Crippen LogP contribution < -0.4 is 10.1 Å².